The molecular formula is C17H13N3O4S. The number of nitrogens with one attached hydrogen (secondary N) is 2. The first-order valence-corrected chi connectivity index (χ1v) is 8.11. The van der Waals surface area contributed by atoms with Crippen LogP contribution in [0.2, 0.25) is 0 Å². The fourth-order valence-electron chi connectivity index (χ4n) is 2.21. The molecule has 0 spiro atoms. The molecule has 3 aromatic rings. The molecule has 0 radical (unpaired) electrons. The van der Waals surface area contributed by atoms with Crippen molar-refractivity contribution >= 4 is 38.9 Å². The number of amides is 2. The van der Waals surface area contributed by atoms with E-state index in [0.717, 1.165) is 10.3 Å². The lowest BCUT2D eigenvalue weighted by Crippen LogP contribution is -2.41. The summed E-state index contributed by atoms with van der Waals surface area (Å²) in [6, 6.07) is 12.9. The number of carbonyl (C=O) groups excluding carboxylic acids is 2. The van der Waals surface area contributed by atoms with Gasteiger partial charge in [-0.15, -0.1) is 11.3 Å². The number of carbonyl (C=O) groups is 2. The Morgan fingerprint density at radius 1 is 1.00 bits per heavy atom. The molecule has 2 amide bonds. The molecule has 2 aromatic carbocycles. The Hall–Kier alpha value is -3.26. The van der Waals surface area contributed by atoms with Crippen LogP contribution in [0.5, 0.6) is 0 Å². The molecule has 1 heterocycles. The third kappa shape index (κ3) is 3.64. The number of nitro benzene ring substituents is 1. The highest BCUT2D eigenvalue weighted by molar-refractivity contribution is 7.20. The van der Waals surface area contributed by atoms with Gasteiger partial charge in [-0.1, -0.05) is 17.7 Å². The normalized spacial score (nSPS) is 10.4. The Morgan fingerprint density at radius 3 is 2.36 bits per heavy atom. The zero-order chi connectivity index (χ0) is 18.0. The van der Waals surface area contributed by atoms with Gasteiger partial charge in [0.25, 0.3) is 17.5 Å². The van der Waals surface area contributed by atoms with E-state index in [-0.39, 0.29) is 5.69 Å². The van der Waals surface area contributed by atoms with Crippen LogP contribution in [0.3, 0.4) is 0 Å². The van der Waals surface area contributed by atoms with Crippen LogP contribution in [0.4, 0.5) is 5.69 Å². The molecule has 0 atom stereocenters. The maximum absolute atomic E-state index is 12.2. The molecular weight excluding hydrogens is 342 g/mol. The predicted octanol–water partition coefficient (Wildman–Crippen LogP) is 3.19. The lowest BCUT2D eigenvalue weighted by atomic mass is 10.1. The van der Waals surface area contributed by atoms with Gasteiger partial charge in [-0.25, -0.2) is 0 Å². The quantitative estimate of drug-likeness (QED) is 0.556. The Labute approximate surface area is 146 Å². The van der Waals surface area contributed by atoms with Crippen molar-refractivity contribution in [3.8, 4) is 0 Å². The molecule has 0 aliphatic heterocycles. The van der Waals surface area contributed by atoms with Gasteiger partial charge in [-0.05, 0) is 31.2 Å². The van der Waals surface area contributed by atoms with Crippen LogP contribution in [-0.4, -0.2) is 16.7 Å². The standard InChI is InChI=1S/C17H13N3O4S/c1-10-2-4-11(5-3-10)16(21)18-19-17(22)15-9-12-8-13(20(23)24)6-7-14(12)25-15/h2-9H,1H3,(H,18,21)(H,19,22). The van der Waals surface area contributed by atoms with Crippen molar-refractivity contribution in [3.05, 3.63) is 74.6 Å². The second-order valence-electron chi connectivity index (χ2n) is 5.36. The van der Waals surface area contributed by atoms with Crippen molar-refractivity contribution < 1.29 is 14.5 Å². The summed E-state index contributed by atoms with van der Waals surface area (Å²) in [5.41, 5.74) is 6.12. The highest BCUT2D eigenvalue weighted by atomic mass is 32.1. The third-order valence-corrected chi connectivity index (χ3v) is 4.65. The zero-order valence-corrected chi connectivity index (χ0v) is 13.9. The number of benzene rings is 2. The van der Waals surface area contributed by atoms with Gasteiger partial charge in [-0.2, -0.15) is 0 Å². The second-order valence-corrected chi connectivity index (χ2v) is 6.45. The molecule has 25 heavy (non-hydrogen) atoms. The van der Waals surface area contributed by atoms with E-state index in [2.05, 4.69) is 10.9 Å². The summed E-state index contributed by atoms with van der Waals surface area (Å²) in [6.07, 6.45) is 0. The molecule has 1 aromatic heterocycles. The average molecular weight is 355 g/mol. The summed E-state index contributed by atoms with van der Waals surface area (Å²) in [4.78, 5) is 34.8. The van der Waals surface area contributed by atoms with E-state index in [0.29, 0.717) is 15.8 Å². The van der Waals surface area contributed by atoms with Crippen LogP contribution in [0, 0.1) is 17.0 Å². The molecule has 8 heteroatoms. The number of nitro groups is 1. The minimum Gasteiger partial charge on any atom is -0.267 e. The van der Waals surface area contributed by atoms with E-state index < -0.39 is 16.7 Å². The average Bonchev–Trinajstić information content (AvgIpc) is 3.03. The van der Waals surface area contributed by atoms with E-state index in [1.54, 1.807) is 36.4 Å². The topological polar surface area (TPSA) is 101 Å². The summed E-state index contributed by atoms with van der Waals surface area (Å²) in [5.74, 6) is -0.908. The van der Waals surface area contributed by atoms with Crippen LogP contribution in [0.15, 0.2) is 48.5 Å². The van der Waals surface area contributed by atoms with Crippen molar-refractivity contribution in [2.75, 3.05) is 0 Å². The van der Waals surface area contributed by atoms with Crippen LogP contribution in [0.1, 0.15) is 25.6 Å². The van der Waals surface area contributed by atoms with Crippen molar-refractivity contribution in [1.29, 1.82) is 0 Å². The van der Waals surface area contributed by atoms with Gasteiger partial charge in [0, 0.05) is 27.8 Å². The molecule has 0 aliphatic carbocycles. The van der Waals surface area contributed by atoms with Gasteiger partial charge in [0.1, 0.15) is 0 Å². The third-order valence-electron chi connectivity index (χ3n) is 3.54. The molecule has 0 saturated heterocycles. The highest BCUT2D eigenvalue weighted by Crippen LogP contribution is 2.28. The van der Waals surface area contributed by atoms with Crippen LogP contribution >= 0.6 is 11.3 Å². The molecule has 3 rings (SSSR count). The molecule has 2 N–H and O–H groups in total. The Balaban J connectivity index is 1.70. The van der Waals surface area contributed by atoms with E-state index in [9.17, 15) is 19.7 Å². The summed E-state index contributed by atoms with van der Waals surface area (Å²) < 4.78 is 0.751. The maximum atomic E-state index is 12.2. The van der Waals surface area contributed by atoms with Crippen LogP contribution in [-0.2, 0) is 0 Å². The smallest absolute Gasteiger partial charge is 0.267 e. The lowest BCUT2D eigenvalue weighted by molar-refractivity contribution is -0.384. The first-order valence-electron chi connectivity index (χ1n) is 7.29. The monoisotopic (exact) mass is 355 g/mol. The van der Waals surface area contributed by atoms with E-state index >= 15 is 0 Å². The van der Waals surface area contributed by atoms with Gasteiger partial charge in [0.2, 0.25) is 0 Å². The SMILES string of the molecule is Cc1ccc(C(=O)NNC(=O)c2cc3cc([N+](=O)[O-])ccc3s2)cc1. The molecule has 7 nitrogen and oxygen atoms in total. The number of hydrazine groups is 1. The zero-order valence-electron chi connectivity index (χ0n) is 13.1. The largest absolute Gasteiger partial charge is 0.279 e. The second kappa shape index (κ2) is 6.70. The van der Waals surface area contributed by atoms with Gasteiger partial charge in [-0.3, -0.25) is 30.6 Å². The number of hydrogen-bond acceptors (Lipinski definition) is 5. The van der Waals surface area contributed by atoms with Crippen LogP contribution < -0.4 is 10.9 Å². The predicted molar refractivity (Wildman–Crippen MR) is 94.6 cm³/mol. The van der Waals surface area contributed by atoms with Gasteiger partial charge >= 0.3 is 0 Å². The molecule has 0 bridgehead atoms. The van der Waals surface area contributed by atoms with Crippen molar-refractivity contribution in [3.63, 3.8) is 0 Å². The summed E-state index contributed by atoms with van der Waals surface area (Å²) in [7, 11) is 0. The fourth-order valence-corrected chi connectivity index (χ4v) is 3.15. The van der Waals surface area contributed by atoms with Crippen molar-refractivity contribution in [2.24, 2.45) is 0 Å². The Kier molecular flexibility index (Phi) is 4.44. The first-order chi connectivity index (χ1) is 11.9. The Morgan fingerprint density at radius 2 is 1.68 bits per heavy atom. The number of rotatable bonds is 3. The van der Waals surface area contributed by atoms with Crippen LogP contribution in [0.25, 0.3) is 10.1 Å². The number of nitrogens with zero attached hydrogens (tertiary/aromatic N) is 1. The van der Waals surface area contributed by atoms with Gasteiger partial charge in [0.05, 0.1) is 9.80 Å². The first kappa shape index (κ1) is 16.6. The van der Waals surface area contributed by atoms with Gasteiger partial charge in [0.15, 0.2) is 0 Å². The number of aryl methyl sites for hydroxylation is 1. The molecule has 126 valence electrons. The van der Waals surface area contributed by atoms with E-state index in [4.69, 9.17) is 0 Å². The lowest BCUT2D eigenvalue weighted by Gasteiger charge is -2.06. The van der Waals surface area contributed by atoms with Crippen molar-refractivity contribution in [1.82, 2.24) is 10.9 Å². The highest BCUT2D eigenvalue weighted by Gasteiger charge is 2.14. The number of fused-ring (bicyclic) bond motifs is 1. The van der Waals surface area contributed by atoms with E-state index in [1.165, 1.54) is 23.5 Å². The minimum absolute atomic E-state index is 0.0371. The maximum Gasteiger partial charge on any atom is 0.279 e. The summed E-state index contributed by atoms with van der Waals surface area (Å²) >= 11 is 1.19. The number of non-ortho nitro benzene ring substituents is 1. The molecule has 0 aliphatic rings. The minimum atomic E-state index is -0.487. The molecule has 0 saturated carbocycles. The van der Waals surface area contributed by atoms with Gasteiger partial charge < -0.3 is 0 Å². The summed E-state index contributed by atoms with van der Waals surface area (Å²) in [6.45, 7) is 1.91. The number of thiophene rings is 1. The van der Waals surface area contributed by atoms with Crippen molar-refractivity contribution in [2.45, 2.75) is 6.92 Å². The van der Waals surface area contributed by atoms with E-state index in [1.807, 2.05) is 6.92 Å². The molecule has 0 unspecified atom stereocenters. The summed E-state index contributed by atoms with van der Waals surface area (Å²) in [5, 5.41) is 11.4. The number of hydrogen-bond donors (Lipinski definition) is 2. The molecule has 0 fully saturated rings. The fraction of sp³-hybridized carbons (Fsp3) is 0.0588. The Bertz CT molecular complexity index is 979.